The summed E-state index contributed by atoms with van der Waals surface area (Å²) in [6.45, 7) is 0.686. The Bertz CT molecular complexity index is 2040. The van der Waals surface area contributed by atoms with E-state index in [1.165, 1.54) is 0 Å². The standard InChI is InChI=1S/C32H25Br2ClN4O7S/c1-45-23-7-3-6-21(11-23)18-46-31-26(33)12-22-13-29(32(40)37-47(43,44)24-8-9-27(35)28(14-24)39(41)42)38(17-25(22)30(31)34)16-20-5-2-4-19(10-20)15-36/h2-12,14,29H,13,16-18H2,1H3,(H,37,40)/t29-/m0/s1. The lowest BCUT2D eigenvalue weighted by Crippen LogP contribution is -2.51. The first-order valence-electron chi connectivity index (χ1n) is 13.9. The number of sulfonamides is 1. The molecule has 47 heavy (non-hydrogen) atoms. The van der Waals surface area contributed by atoms with Crippen molar-refractivity contribution >= 4 is 65.1 Å². The van der Waals surface area contributed by atoms with Gasteiger partial charge >= 0.3 is 0 Å². The number of carbonyl (C=O) groups excluding carboxylic acids is 1. The molecule has 4 aromatic rings. The van der Waals surface area contributed by atoms with E-state index in [1.807, 2.05) is 36.4 Å². The van der Waals surface area contributed by atoms with Gasteiger partial charge in [-0.15, -0.1) is 0 Å². The van der Waals surface area contributed by atoms with Gasteiger partial charge in [0, 0.05) is 19.2 Å². The first-order valence-corrected chi connectivity index (χ1v) is 17.3. The van der Waals surface area contributed by atoms with Gasteiger partial charge in [-0.3, -0.25) is 19.8 Å². The Labute approximate surface area is 292 Å². The van der Waals surface area contributed by atoms with Gasteiger partial charge in [-0.05, 0) is 103 Å². The Hall–Kier alpha value is -4.00. The highest BCUT2D eigenvalue weighted by Gasteiger charge is 2.36. The largest absolute Gasteiger partial charge is 0.497 e. The minimum absolute atomic E-state index is 0.128. The molecule has 1 atom stereocenters. The molecule has 1 aliphatic heterocycles. The molecular formula is C32H25Br2ClN4O7S. The highest BCUT2D eigenvalue weighted by Crippen LogP contribution is 2.42. The number of carbonyl (C=O) groups is 1. The van der Waals surface area contributed by atoms with Crippen molar-refractivity contribution in [2.24, 2.45) is 0 Å². The van der Waals surface area contributed by atoms with Crippen LogP contribution in [0.4, 0.5) is 5.69 Å². The summed E-state index contributed by atoms with van der Waals surface area (Å²) in [6.07, 6.45) is 0.128. The Morgan fingerprint density at radius 2 is 1.87 bits per heavy atom. The summed E-state index contributed by atoms with van der Waals surface area (Å²) in [4.78, 5) is 25.6. The molecule has 5 rings (SSSR count). The molecule has 1 amide bonds. The summed E-state index contributed by atoms with van der Waals surface area (Å²) < 4.78 is 41.4. The van der Waals surface area contributed by atoms with Gasteiger partial charge in [-0.2, -0.15) is 5.26 Å². The highest BCUT2D eigenvalue weighted by molar-refractivity contribution is 9.11. The van der Waals surface area contributed by atoms with Crippen LogP contribution in [0.25, 0.3) is 0 Å². The molecule has 11 nitrogen and oxygen atoms in total. The van der Waals surface area contributed by atoms with Gasteiger partial charge in [0.1, 0.15) is 23.1 Å². The maximum Gasteiger partial charge on any atom is 0.289 e. The normalized spacial score (nSPS) is 14.5. The number of halogens is 3. The second-order valence-electron chi connectivity index (χ2n) is 10.6. The number of nitrogens with one attached hydrogen (secondary N) is 1. The number of benzene rings is 4. The van der Waals surface area contributed by atoms with Crippen LogP contribution in [-0.2, 0) is 40.9 Å². The first kappa shape index (κ1) is 34.3. The average molecular weight is 805 g/mol. The van der Waals surface area contributed by atoms with Crippen LogP contribution in [0.5, 0.6) is 11.5 Å². The fraction of sp³-hybridized carbons (Fsp3) is 0.188. The van der Waals surface area contributed by atoms with Gasteiger partial charge in [-0.25, -0.2) is 13.1 Å². The summed E-state index contributed by atoms with van der Waals surface area (Å²) in [5.41, 5.74) is 3.08. The Balaban J connectivity index is 1.47. The number of hydrogen-bond acceptors (Lipinski definition) is 9. The fourth-order valence-corrected chi connectivity index (χ4v) is 7.98. The van der Waals surface area contributed by atoms with Gasteiger partial charge in [0.2, 0.25) is 0 Å². The summed E-state index contributed by atoms with van der Waals surface area (Å²) in [6, 6.07) is 20.4. The molecule has 0 unspecified atom stereocenters. The van der Waals surface area contributed by atoms with Gasteiger partial charge < -0.3 is 9.47 Å². The molecule has 0 fully saturated rings. The van der Waals surface area contributed by atoms with E-state index in [0.29, 0.717) is 26.0 Å². The number of nitro benzene ring substituents is 1. The third-order valence-corrected chi connectivity index (χ3v) is 10.6. The summed E-state index contributed by atoms with van der Waals surface area (Å²) in [5.74, 6) is 0.425. The fourth-order valence-electron chi connectivity index (χ4n) is 5.20. The molecular weight excluding hydrogens is 780 g/mol. The number of nitrogens with zero attached hydrogens (tertiary/aromatic N) is 3. The zero-order valence-corrected chi connectivity index (χ0v) is 29.3. The van der Waals surface area contributed by atoms with Crippen LogP contribution in [0, 0.1) is 21.4 Å². The second kappa shape index (κ2) is 14.4. The smallest absolute Gasteiger partial charge is 0.289 e. The van der Waals surface area contributed by atoms with E-state index in [2.05, 4.69) is 42.7 Å². The average Bonchev–Trinajstić information content (AvgIpc) is 3.04. The second-order valence-corrected chi connectivity index (χ2v) is 14.3. The van der Waals surface area contributed by atoms with Crippen molar-refractivity contribution in [3.05, 3.63) is 125 Å². The molecule has 15 heteroatoms. The number of ether oxygens (including phenoxy) is 2. The summed E-state index contributed by atoms with van der Waals surface area (Å²) >= 11 is 13.2. The number of methoxy groups -OCH3 is 1. The molecule has 242 valence electrons. The Morgan fingerprint density at radius 3 is 2.60 bits per heavy atom. The molecule has 0 radical (unpaired) electrons. The molecule has 0 spiro atoms. The lowest BCUT2D eigenvalue weighted by molar-refractivity contribution is -0.384. The Morgan fingerprint density at radius 1 is 1.13 bits per heavy atom. The van der Waals surface area contributed by atoms with E-state index in [0.717, 1.165) is 40.5 Å². The van der Waals surface area contributed by atoms with Crippen LogP contribution in [0.3, 0.4) is 0 Å². The number of fused-ring (bicyclic) bond motifs is 1. The van der Waals surface area contributed by atoms with Crippen molar-refractivity contribution in [1.29, 1.82) is 5.26 Å². The third-order valence-electron chi connectivity index (χ3n) is 7.51. The van der Waals surface area contributed by atoms with Crippen molar-refractivity contribution in [3.63, 3.8) is 0 Å². The van der Waals surface area contributed by atoms with E-state index in [-0.39, 0.29) is 31.1 Å². The van der Waals surface area contributed by atoms with Crippen LogP contribution in [0.1, 0.15) is 27.8 Å². The number of hydrogen-bond donors (Lipinski definition) is 1. The number of nitro groups is 1. The third kappa shape index (κ3) is 7.77. The van der Waals surface area contributed by atoms with Crippen molar-refractivity contribution < 1.29 is 27.6 Å². The molecule has 0 bridgehead atoms. The van der Waals surface area contributed by atoms with Gasteiger partial charge in [-0.1, -0.05) is 35.9 Å². The number of amides is 1. The van der Waals surface area contributed by atoms with Gasteiger partial charge in [0.05, 0.1) is 43.5 Å². The lowest BCUT2D eigenvalue weighted by atomic mass is 9.92. The van der Waals surface area contributed by atoms with E-state index in [4.69, 9.17) is 21.1 Å². The van der Waals surface area contributed by atoms with Crippen molar-refractivity contribution in [2.45, 2.75) is 37.1 Å². The zero-order chi connectivity index (χ0) is 33.9. The monoisotopic (exact) mass is 802 g/mol. The minimum atomic E-state index is -4.51. The van der Waals surface area contributed by atoms with E-state index >= 15 is 0 Å². The topological polar surface area (TPSA) is 152 Å². The van der Waals surface area contributed by atoms with Crippen molar-refractivity contribution in [3.8, 4) is 17.6 Å². The van der Waals surface area contributed by atoms with Crippen LogP contribution < -0.4 is 14.2 Å². The maximum absolute atomic E-state index is 13.8. The van der Waals surface area contributed by atoms with Crippen LogP contribution in [0.15, 0.2) is 86.6 Å². The van der Waals surface area contributed by atoms with Crippen LogP contribution in [0.2, 0.25) is 5.02 Å². The molecule has 0 saturated heterocycles. The number of nitriles is 1. The highest BCUT2D eigenvalue weighted by atomic mass is 79.9. The SMILES string of the molecule is COc1cccc(COc2c(Br)cc3c(c2Br)CN(Cc2cccc(C#N)c2)[C@H](C(=O)NS(=O)(=O)c2ccc(Cl)c([N+](=O)[O-])c2)C3)c1. The predicted molar refractivity (Wildman–Crippen MR) is 180 cm³/mol. The first-order chi connectivity index (χ1) is 22.4. The van der Waals surface area contributed by atoms with E-state index in [9.17, 15) is 28.6 Å². The molecule has 0 aromatic heterocycles. The maximum atomic E-state index is 13.8. The minimum Gasteiger partial charge on any atom is -0.497 e. The van der Waals surface area contributed by atoms with E-state index < -0.39 is 37.5 Å². The quantitative estimate of drug-likeness (QED) is 0.137. The zero-order valence-electron chi connectivity index (χ0n) is 24.6. The molecule has 1 aliphatic rings. The van der Waals surface area contributed by atoms with Gasteiger partial charge in [0.25, 0.3) is 21.6 Å². The summed E-state index contributed by atoms with van der Waals surface area (Å²) in [5, 5.41) is 20.5. The van der Waals surface area contributed by atoms with Gasteiger partial charge in [0.15, 0.2) is 0 Å². The number of rotatable bonds is 10. The van der Waals surface area contributed by atoms with Crippen molar-refractivity contribution in [1.82, 2.24) is 9.62 Å². The molecule has 1 N–H and O–H groups in total. The molecule has 1 heterocycles. The Kier molecular flexibility index (Phi) is 10.5. The summed E-state index contributed by atoms with van der Waals surface area (Å²) in [7, 11) is -2.92. The predicted octanol–water partition coefficient (Wildman–Crippen LogP) is 6.66. The lowest BCUT2D eigenvalue weighted by Gasteiger charge is -2.37. The van der Waals surface area contributed by atoms with E-state index in [1.54, 1.807) is 30.2 Å². The molecule has 0 saturated carbocycles. The molecule has 0 aliphatic carbocycles. The molecule has 4 aromatic carbocycles. The van der Waals surface area contributed by atoms with Crippen molar-refractivity contribution in [2.75, 3.05) is 7.11 Å². The van der Waals surface area contributed by atoms with Crippen LogP contribution in [-0.4, -0.2) is 37.3 Å². The van der Waals surface area contributed by atoms with Crippen LogP contribution >= 0.6 is 43.5 Å².